The van der Waals surface area contributed by atoms with E-state index in [2.05, 4.69) is 12.6 Å². The van der Waals surface area contributed by atoms with Gasteiger partial charge in [-0.3, -0.25) is 9.69 Å². The van der Waals surface area contributed by atoms with Gasteiger partial charge in [0.25, 0.3) is 5.24 Å². The molecule has 0 radical (unpaired) electrons. The van der Waals surface area contributed by atoms with Crippen molar-refractivity contribution in [3.05, 3.63) is 17.9 Å². The molecule has 0 unspecified atom stereocenters. The van der Waals surface area contributed by atoms with Gasteiger partial charge < -0.3 is 4.42 Å². The van der Waals surface area contributed by atoms with Crippen LogP contribution in [0.25, 0.3) is 0 Å². The zero-order valence-corrected chi connectivity index (χ0v) is 7.26. The molecule has 0 aromatic carbocycles. The molecule has 1 aromatic rings. The van der Waals surface area contributed by atoms with Crippen LogP contribution in [0, 0.1) is 6.92 Å². The van der Waals surface area contributed by atoms with Crippen LogP contribution in [0.5, 0.6) is 0 Å². The summed E-state index contributed by atoms with van der Waals surface area (Å²) < 4.78 is 5.16. The second kappa shape index (κ2) is 3.00. The minimum atomic E-state index is -0.334. The molecule has 0 atom stereocenters. The third kappa shape index (κ3) is 1.77. The lowest BCUT2D eigenvalue weighted by atomic mass is 10.5. The minimum absolute atomic E-state index is 0.334. The number of hydrogen-bond donors (Lipinski definition) is 1. The molecule has 0 aliphatic heterocycles. The molecule has 0 bridgehead atoms. The smallest absolute Gasteiger partial charge is 0.285 e. The third-order valence-electron chi connectivity index (χ3n) is 1.34. The van der Waals surface area contributed by atoms with Crippen molar-refractivity contribution in [2.45, 2.75) is 6.92 Å². The maximum atomic E-state index is 10.7. The van der Waals surface area contributed by atoms with Gasteiger partial charge in [-0.05, 0) is 13.0 Å². The summed E-state index contributed by atoms with van der Waals surface area (Å²) in [7, 11) is 1.60. The van der Waals surface area contributed by atoms with Crippen molar-refractivity contribution in [2.24, 2.45) is 0 Å². The Morgan fingerprint density at radius 1 is 1.64 bits per heavy atom. The number of aryl methyl sites for hydroxylation is 1. The molecule has 0 saturated carbocycles. The molecular weight excluding hydrogens is 162 g/mol. The van der Waals surface area contributed by atoms with E-state index < -0.39 is 0 Å². The summed E-state index contributed by atoms with van der Waals surface area (Å²) in [5.74, 6) is 1.30. The Hall–Kier alpha value is -0.900. The highest BCUT2D eigenvalue weighted by molar-refractivity contribution is 7.96. The van der Waals surface area contributed by atoms with E-state index in [0.717, 1.165) is 5.76 Å². The van der Waals surface area contributed by atoms with Gasteiger partial charge in [-0.1, -0.05) is 12.6 Å². The molecule has 11 heavy (non-hydrogen) atoms. The first-order chi connectivity index (χ1) is 5.11. The lowest BCUT2D eigenvalue weighted by molar-refractivity contribution is 0.265. The fourth-order valence-corrected chi connectivity index (χ4v) is 0.795. The zero-order valence-electron chi connectivity index (χ0n) is 6.37. The van der Waals surface area contributed by atoms with Gasteiger partial charge in [0.1, 0.15) is 5.76 Å². The molecule has 1 amide bonds. The molecule has 1 rings (SSSR count). The number of anilines is 1. The highest BCUT2D eigenvalue weighted by atomic mass is 32.1. The minimum Gasteiger partial charge on any atom is -0.445 e. The van der Waals surface area contributed by atoms with Crippen molar-refractivity contribution >= 4 is 23.8 Å². The normalized spacial score (nSPS) is 9.73. The van der Waals surface area contributed by atoms with Crippen molar-refractivity contribution in [3.63, 3.8) is 0 Å². The molecule has 0 spiro atoms. The largest absolute Gasteiger partial charge is 0.445 e. The predicted molar refractivity (Wildman–Crippen MR) is 46.2 cm³/mol. The van der Waals surface area contributed by atoms with Gasteiger partial charge in [0.2, 0.25) is 5.88 Å². The molecule has 0 fully saturated rings. The number of carbonyl (C=O) groups is 1. The van der Waals surface area contributed by atoms with E-state index in [1.807, 2.05) is 6.92 Å². The topological polar surface area (TPSA) is 33.5 Å². The molecular formula is C7H9NO2S. The Labute approximate surface area is 70.4 Å². The maximum absolute atomic E-state index is 10.7. The van der Waals surface area contributed by atoms with Gasteiger partial charge in [-0.25, -0.2) is 0 Å². The van der Waals surface area contributed by atoms with Crippen LogP contribution in [0.15, 0.2) is 16.5 Å². The molecule has 1 heterocycles. The number of carbonyl (C=O) groups excluding carboxylic acids is 1. The number of nitrogens with zero attached hydrogens (tertiary/aromatic N) is 1. The fourth-order valence-electron chi connectivity index (χ4n) is 0.696. The summed E-state index contributed by atoms with van der Waals surface area (Å²) in [6.45, 7) is 1.82. The van der Waals surface area contributed by atoms with E-state index >= 15 is 0 Å². The summed E-state index contributed by atoms with van der Waals surface area (Å²) in [5, 5.41) is -0.334. The molecule has 3 nitrogen and oxygen atoms in total. The highest BCUT2D eigenvalue weighted by Crippen LogP contribution is 2.17. The quantitative estimate of drug-likeness (QED) is 0.656. The molecule has 0 saturated heterocycles. The molecule has 0 N–H and O–H groups in total. The van der Waals surface area contributed by atoms with Crippen LogP contribution in [0.2, 0.25) is 0 Å². The first-order valence-corrected chi connectivity index (χ1v) is 3.59. The second-order valence-corrected chi connectivity index (χ2v) is 2.61. The average molecular weight is 171 g/mol. The van der Waals surface area contributed by atoms with Crippen LogP contribution in [0.3, 0.4) is 0 Å². The third-order valence-corrected chi connectivity index (χ3v) is 1.64. The van der Waals surface area contributed by atoms with Gasteiger partial charge >= 0.3 is 0 Å². The number of furan rings is 1. The molecule has 4 heteroatoms. The number of rotatable bonds is 1. The average Bonchev–Trinajstić information content (AvgIpc) is 2.34. The van der Waals surface area contributed by atoms with Gasteiger partial charge in [-0.15, -0.1) is 0 Å². The van der Waals surface area contributed by atoms with Gasteiger partial charge in [0.05, 0.1) is 0 Å². The second-order valence-electron chi connectivity index (χ2n) is 2.23. The summed E-state index contributed by atoms with van der Waals surface area (Å²) in [6, 6.07) is 3.52. The van der Waals surface area contributed by atoms with Gasteiger partial charge in [0, 0.05) is 13.1 Å². The van der Waals surface area contributed by atoms with E-state index in [-0.39, 0.29) is 5.24 Å². The lowest BCUT2D eigenvalue weighted by Gasteiger charge is -2.08. The van der Waals surface area contributed by atoms with E-state index in [9.17, 15) is 4.79 Å². The monoisotopic (exact) mass is 171 g/mol. The van der Waals surface area contributed by atoms with E-state index in [4.69, 9.17) is 4.42 Å². The summed E-state index contributed by atoms with van der Waals surface area (Å²) in [4.78, 5) is 12.0. The summed E-state index contributed by atoms with van der Waals surface area (Å²) in [6.07, 6.45) is 0. The lowest BCUT2D eigenvalue weighted by Crippen LogP contribution is -2.18. The van der Waals surface area contributed by atoms with E-state index in [1.165, 1.54) is 4.90 Å². The Bertz CT molecular complexity index is 269. The summed E-state index contributed by atoms with van der Waals surface area (Å²) >= 11 is 3.64. The maximum Gasteiger partial charge on any atom is 0.285 e. The van der Waals surface area contributed by atoms with Crippen molar-refractivity contribution < 1.29 is 9.21 Å². The standard InChI is InChI=1S/C7H9NO2S/c1-5-3-4-6(10-5)8(2)7(9)11/h3-4H,1-2H3,(H,9,11). The van der Waals surface area contributed by atoms with Crippen molar-refractivity contribution in [1.82, 2.24) is 0 Å². The Morgan fingerprint density at radius 3 is 2.64 bits per heavy atom. The van der Waals surface area contributed by atoms with Crippen LogP contribution in [0.4, 0.5) is 10.7 Å². The van der Waals surface area contributed by atoms with Crippen LogP contribution >= 0.6 is 12.6 Å². The number of amides is 1. The predicted octanol–water partition coefficient (Wildman–Crippen LogP) is 2.07. The van der Waals surface area contributed by atoms with Crippen LogP contribution in [-0.4, -0.2) is 12.3 Å². The zero-order chi connectivity index (χ0) is 8.43. The number of hydrogen-bond acceptors (Lipinski definition) is 2. The number of thiol groups is 1. The molecule has 0 aliphatic carbocycles. The SMILES string of the molecule is Cc1ccc(N(C)C(=O)S)o1. The highest BCUT2D eigenvalue weighted by Gasteiger charge is 2.08. The van der Waals surface area contributed by atoms with Crippen molar-refractivity contribution in [2.75, 3.05) is 11.9 Å². The first kappa shape index (κ1) is 8.20. The van der Waals surface area contributed by atoms with Crippen LogP contribution < -0.4 is 4.90 Å². The van der Waals surface area contributed by atoms with E-state index in [1.54, 1.807) is 19.2 Å². The van der Waals surface area contributed by atoms with E-state index in [0.29, 0.717) is 5.88 Å². The van der Waals surface area contributed by atoms with Crippen LogP contribution in [-0.2, 0) is 0 Å². The van der Waals surface area contributed by atoms with Crippen LogP contribution in [0.1, 0.15) is 5.76 Å². The van der Waals surface area contributed by atoms with Crippen molar-refractivity contribution in [3.8, 4) is 0 Å². The van der Waals surface area contributed by atoms with Gasteiger partial charge in [0.15, 0.2) is 0 Å². The molecule has 0 aliphatic rings. The Kier molecular flexibility index (Phi) is 2.24. The Balaban J connectivity index is 2.84. The summed E-state index contributed by atoms with van der Waals surface area (Å²) in [5.41, 5.74) is 0. The fraction of sp³-hybridized carbons (Fsp3) is 0.286. The van der Waals surface area contributed by atoms with Crippen molar-refractivity contribution in [1.29, 1.82) is 0 Å². The molecule has 60 valence electrons. The van der Waals surface area contributed by atoms with Gasteiger partial charge in [-0.2, -0.15) is 0 Å². The molecule has 1 aromatic heterocycles. The first-order valence-electron chi connectivity index (χ1n) is 3.14. The Morgan fingerprint density at radius 2 is 2.27 bits per heavy atom.